The van der Waals surface area contributed by atoms with E-state index in [0.29, 0.717) is 5.95 Å². The van der Waals surface area contributed by atoms with Gasteiger partial charge in [0.1, 0.15) is 5.75 Å². The Morgan fingerprint density at radius 3 is 2.85 bits per heavy atom. The standard InChI is InChI=1S/C15H13N3O2/c1-9-6-7-13(19)10(8-9)14(20)18-15-16-11-4-2-3-5-12(11)17-15/h2-8,19H,1H3,(H2,16,17,18,20). The lowest BCUT2D eigenvalue weighted by molar-refractivity contribution is 0.102. The highest BCUT2D eigenvalue weighted by Crippen LogP contribution is 2.20. The smallest absolute Gasteiger partial charge is 0.261 e. The lowest BCUT2D eigenvalue weighted by Gasteiger charge is -2.05. The molecular weight excluding hydrogens is 254 g/mol. The van der Waals surface area contributed by atoms with E-state index in [4.69, 9.17) is 0 Å². The second kappa shape index (κ2) is 4.70. The highest BCUT2D eigenvalue weighted by atomic mass is 16.3. The van der Waals surface area contributed by atoms with E-state index in [9.17, 15) is 9.90 Å². The van der Waals surface area contributed by atoms with Gasteiger partial charge in [-0.15, -0.1) is 0 Å². The van der Waals surface area contributed by atoms with Crippen LogP contribution in [0.1, 0.15) is 15.9 Å². The van der Waals surface area contributed by atoms with Crippen LogP contribution < -0.4 is 5.32 Å². The monoisotopic (exact) mass is 267 g/mol. The van der Waals surface area contributed by atoms with Gasteiger partial charge in [-0.1, -0.05) is 23.8 Å². The summed E-state index contributed by atoms with van der Waals surface area (Å²) in [6.07, 6.45) is 0. The molecule has 1 heterocycles. The number of nitrogens with one attached hydrogen (secondary N) is 2. The van der Waals surface area contributed by atoms with Crippen LogP contribution in [0.5, 0.6) is 5.75 Å². The van der Waals surface area contributed by atoms with Crippen molar-refractivity contribution < 1.29 is 9.90 Å². The van der Waals surface area contributed by atoms with E-state index in [1.807, 2.05) is 31.2 Å². The minimum Gasteiger partial charge on any atom is -0.507 e. The van der Waals surface area contributed by atoms with E-state index in [0.717, 1.165) is 16.6 Å². The number of phenols is 1. The number of nitrogens with zero attached hydrogens (tertiary/aromatic N) is 1. The second-order valence-corrected chi connectivity index (χ2v) is 4.58. The van der Waals surface area contributed by atoms with Crippen molar-refractivity contribution in [2.24, 2.45) is 0 Å². The van der Waals surface area contributed by atoms with Crippen LogP contribution in [0.3, 0.4) is 0 Å². The number of aryl methyl sites for hydroxylation is 1. The van der Waals surface area contributed by atoms with E-state index in [1.54, 1.807) is 12.1 Å². The largest absolute Gasteiger partial charge is 0.507 e. The molecule has 3 rings (SSSR count). The summed E-state index contributed by atoms with van der Waals surface area (Å²) in [5.74, 6) is -0.0911. The molecule has 0 saturated carbocycles. The average Bonchev–Trinajstić information content (AvgIpc) is 2.83. The van der Waals surface area contributed by atoms with Crippen LogP contribution in [0.4, 0.5) is 5.95 Å². The summed E-state index contributed by atoms with van der Waals surface area (Å²) in [6, 6.07) is 12.4. The van der Waals surface area contributed by atoms with Crippen LogP contribution in [0.15, 0.2) is 42.5 Å². The zero-order valence-corrected chi connectivity index (χ0v) is 10.8. The number of benzene rings is 2. The Kier molecular flexibility index (Phi) is 2.87. The number of rotatable bonds is 2. The number of H-pyrrole nitrogens is 1. The zero-order chi connectivity index (χ0) is 14.1. The molecule has 0 saturated heterocycles. The van der Waals surface area contributed by atoms with Crippen molar-refractivity contribution in [1.29, 1.82) is 0 Å². The number of para-hydroxylation sites is 2. The summed E-state index contributed by atoms with van der Waals surface area (Å²) in [6.45, 7) is 1.86. The fourth-order valence-electron chi connectivity index (χ4n) is 2.02. The van der Waals surface area contributed by atoms with Gasteiger partial charge in [0.15, 0.2) is 0 Å². The number of hydrogen-bond acceptors (Lipinski definition) is 3. The molecule has 20 heavy (non-hydrogen) atoms. The molecule has 0 radical (unpaired) electrons. The Morgan fingerprint density at radius 2 is 2.05 bits per heavy atom. The maximum atomic E-state index is 12.1. The zero-order valence-electron chi connectivity index (χ0n) is 10.8. The highest BCUT2D eigenvalue weighted by molar-refractivity contribution is 6.05. The van der Waals surface area contributed by atoms with Crippen molar-refractivity contribution in [3.63, 3.8) is 0 Å². The molecule has 5 nitrogen and oxygen atoms in total. The molecule has 100 valence electrons. The van der Waals surface area contributed by atoms with E-state index < -0.39 is 5.91 Å². The van der Waals surface area contributed by atoms with E-state index >= 15 is 0 Å². The number of hydrogen-bond donors (Lipinski definition) is 3. The number of carbonyl (C=O) groups is 1. The third-order valence-corrected chi connectivity index (χ3v) is 3.02. The summed E-state index contributed by atoms with van der Waals surface area (Å²) in [7, 11) is 0. The quantitative estimate of drug-likeness (QED) is 0.668. The van der Waals surface area contributed by atoms with Crippen molar-refractivity contribution in [3.05, 3.63) is 53.6 Å². The third kappa shape index (κ3) is 2.21. The topological polar surface area (TPSA) is 78.0 Å². The molecule has 3 aromatic rings. The fourth-order valence-corrected chi connectivity index (χ4v) is 2.02. The lowest BCUT2D eigenvalue weighted by Crippen LogP contribution is -2.13. The van der Waals surface area contributed by atoms with Crippen LogP contribution in [0.25, 0.3) is 11.0 Å². The molecule has 5 heteroatoms. The Balaban J connectivity index is 1.90. The predicted octanol–water partition coefficient (Wildman–Crippen LogP) is 2.83. The van der Waals surface area contributed by atoms with Crippen LogP contribution in [-0.4, -0.2) is 21.0 Å². The van der Waals surface area contributed by atoms with Crippen molar-refractivity contribution in [1.82, 2.24) is 9.97 Å². The Hall–Kier alpha value is -2.82. The molecule has 0 aliphatic carbocycles. The number of aromatic nitrogens is 2. The Labute approximate surface area is 115 Å². The number of imidazole rings is 1. The Morgan fingerprint density at radius 1 is 1.25 bits per heavy atom. The number of aromatic amines is 1. The average molecular weight is 267 g/mol. The minimum atomic E-state index is -0.398. The van der Waals surface area contributed by atoms with Gasteiger partial charge in [0, 0.05) is 0 Å². The molecule has 0 bridgehead atoms. The van der Waals surface area contributed by atoms with Gasteiger partial charge in [-0.2, -0.15) is 0 Å². The number of amides is 1. The van der Waals surface area contributed by atoms with Crippen LogP contribution in [0, 0.1) is 6.92 Å². The first-order valence-corrected chi connectivity index (χ1v) is 6.19. The predicted molar refractivity (Wildman–Crippen MR) is 76.9 cm³/mol. The molecule has 0 fully saturated rings. The summed E-state index contributed by atoms with van der Waals surface area (Å²) < 4.78 is 0. The summed E-state index contributed by atoms with van der Waals surface area (Å²) >= 11 is 0. The maximum absolute atomic E-state index is 12.1. The van der Waals surface area contributed by atoms with Crippen molar-refractivity contribution in [3.8, 4) is 5.75 Å². The lowest BCUT2D eigenvalue weighted by atomic mass is 10.1. The van der Waals surface area contributed by atoms with Gasteiger partial charge in [-0.25, -0.2) is 4.98 Å². The molecule has 3 N–H and O–H groups in total. The molecular formula is C15H13N3O2. The van der Waals surface area contributed by atoms with E-state index in [1.165, 1.54) is 6.07 Å². The second-order valence-electron chi connectivity index (χ2n) is 4.58. The van der Waals surface area contributed by atoms with Gasteiger partial charge in [0.05, 0.1) is 16.6 Å². The summed E-state index contributed by atoms with van der Waals surface area (Å²) in [5.41, 5.74) is 2.75. The summed E-state index contributed by atoms with van der Waals surface area (Å²) in [4.78, 5) is 19.4. The molecule has 0 aliphatic rings. The molecule has 0 aliphatic heterocycles. The molecule has 0 spiro atoms. The molecule has 1 aromatic heterocycles. The van der Waals surface area contributed by atoms with Gasteiger partial charge in [0.25, 0.3) is 5.91 Å². The molecule has 2 aromatic carbocycles. The first-order chi connectivity index (χ1) is 9.63. The van der Waals surface area contributed by atoms with Crippen LogP contribution in [-0.2, 0) is 0 Å². The van der Waals surface area contributed by atoms with Crippen molar-refractivity contribution in [2.45, 2.75) is 6.92 Å². The van der Waals surface area contributed by atoms with Crippen molar-refractivity contribution >= 4 is 22.9 Å². The first-order valence-electron chi connectivity index (χ1n) is 6.19. The third-order valence-electron chi connectivity index (χ3n) is 3.02. The summed E-state index contributed by atoms with van der Waals surface area (Å²) in [5, 5.41) is 12.4. The fraction of sp³-hybridized carbons (Fsp3) is 0.0667. The van der Waals surface area contributed by atoms with Gasteiger partial charge < -0.3 is 10.1 Å². The maximum Gasteiger partial charge on any atom is 0.261 e. The van der Waals surface area contributed by atoms with Gasteiger partial charge >= 0.3 is 0 Å². The van der Waals surface area contributed by atoms with Gasteiger partial charge in [-0.3, -0.25) is 10.1 Å². The Bertz CT molecular complexity index is 760. The van der Waals surface area contributed by atoms with Gasteiger partial charge in [-0.05, 0) is 31.2 Å². The van der Waals surface area contributed by atoms with E-state index in [-0.39, 0.29) is 11.3 Å². The molecule has 0 atom stereocenters. The van der Waals surface area contributed by atoms with E-state index in [2.05, 4.69) is 15.3 Å². The number of fused-ring (bicyclic) bond motifs is 1. The number of anilines is 1. The number of phenolic OH excluding ortho intramolecular Hbond substituents is 1. The van der Waals surface area contributed by atoms with Crippen LogP contribution >= 0.6 is 0 Å². The normalized spacial score (nSPS) is 10.7. The highest BCUT2D eigenvalue weighted by Gasteiger charge is 2.13. The number of carbonyl (C=O) groups excluding carboxylic acids is 1. The van der Waals surface area contributed by atoms with Crippen molar-refractivity contribution in [2.75, 3.05) is 5.32 Å². The van der Waals surface area contributed by atoms with Gasteiger partial charge in [0.2, 0.25) is 5.95 Å². The molecule has 0 unspecified atom stereocenters. The number of aromatic hydroxyl groups is 1. The van der Waals surface area contributed by atoms with Crippen LogP contribution in [0.2, 0.25) is 0 Å². The first kappa shape index (κ1) is 12.2. The molecule has 1 amide bonds. The SMILES string of the molecule is Cc1ccc(O)c(C(=O)Nc2nc3ccccc3[nH]2)c1. The minimum absolute atomic E-state index is 0.0517.